The maximum absolute atomic E-state index is 11.9. The molecule has 0 spiro atoms. The molecule has 0 radical (unpaired) electrons. The summed E-state index contributed by atoms with van der Waals surface area (Å²) in [6, 6.07) is 8.21. The molecular weight excluding hydrogens is 258 g/mol. The van der Waals surface area contributed by atoms with Crippen molar-refractivity contribution in [3.8, 4) is 0 Å². The van der Waals surface area contributed by atoms with Crippen molar-refractivity contribution >= 4 is 23.4 Å². The molecule has 3 nitrogen and oxygen atoms in total. The van der Waals surface area contributed by atoms with Crippen LogP contribution in [0.1, 0.15) is 25.8 Å². The molecule has 1 aliphatic heterocycles. The molecule has 0 aliphatic carbocycles. The molecule has 1 amide bonds. The molecular formula is C15H25NO2S. The van der Waals surface area contributed by atoms with Gasteiger partial charge in [0, 0.05) is 19.3 Å². The van der Waals surface area contributed by atoms with E-state index in [-0.39, 0.29) is 5.91 Å². The fraction of sp³-hybridized carbons (Fsp3) is 0.533. The average molecular weight is 283 g/mol. The summed E-state index contributed by atoms with van der Waals surface area (Å²) in [5.74, 6) is 0.809. The number of amides is 1. The zero-order chi connectivity index (χ0) is 14.7. The number of fused-ring (bicyclic) bond motifs is 1. The number of anilines is 1. The Kier molecular flexibility index (Phi) is 10.3. The van der Waals surface area contributed by atoms with Gasteiger partial charge < -0.3 is 10.0 Å². The lowest BCUT2D eigenvalue weighted by molar-refractivity contribution is -0.116. The van der Waals surface area contributed by atoms with Gasteiger partial charge in [-0.2, -0.15) is 11.8 Å². The number of carbonyl (C=O) groups is 1. The Bertz CT molecular complexity index is 369. The summed E-state index contributed by atoms with van der Waals surface area (Å²) in [5, 5.41) is 7.00. The van der Waals surface area contributed by atoms with Gasteiger partial charge in [0.2, 0.25) is 5.91 Å². The van der Waals surface area contributed by atoms with Gasteiger partial charge in [0.1, 0.15) is 0 Å². The third-order valence-corrected chi connectivity index (χ3v) is 3.21. The summed E-state index contributed by atoms with van der Waals surface area (Å²) < 4.78 is 0. The molecule has 0 aromatic heterocycles. The van der Waals surface area contributed by atoms with Crippen LogP contribution in [-0.2, 0) is 11.2 Å². The SMILES string of the molecule is CC.CO.CSCC(=O)N1CCCc2ccccc21. The van der Waals surface area contributed by atoms with Crippen molar-refractivity contribution in [1.29, 1.82) is 0 Å². The van der Waals surface area contributed by atoms with E-state index in [0.29, 0.717) is 5.75 Å². The standard InChI is InChI=1S/C12H15NOS.C2H6.CH4O/c1-15-9-12(14)13-8-4-6-10-5-2-3-7-11(10)13;2*1-2/h2-3,5,7H,4,6,8-9H2,1H3;1-2H3;2H,1H3. The minimum absolute atomic E-state index is 0.231. The fourth-order valence-electron chi connectivity index (χ4n) is 1.99. The second-order valence-electron chi connectivity index (χ2n) is 3.71. The van der Waals surface area contributed by atoms with Crippen molar-refractivity contribution in [2.45, 2.75) is 26.7 Å². The largest absolute Gasteiger partial charge is 0.400 e. The molecule has 1 N–H and O–H groups in total. The number of carbonyl (C=O) groups excluding carboxylic acids is 1. The Morgan fingerprint density at radius 2 is 1.95 bits per heavy atom. The van der Waals surface area contributed by atoms with Gasteiger partial charge in [0.25, 0.3) is 0 Å². The number of hydrogen-bond donors (Lipinski definition) is 1. The first kappa shape index (κ1) is 18.0. The molecule has 0 saturated heterocycles. The van der Waals surface area contributed by atoms with Gasteiger partial charge in [-0.3, -0.25) is 4.79 Å². The van der Waals surface area contributed by atoms with Crippen molar-refractivity contribution in [1.82, 2.24) is 0 Å². The summed E-state index contributed by atoms with van der Waals surface area (Å²) in [5.41, 5.74) is 2.42. The van der Waals surface area contributed by atoms with Crippen LogP contribution in [0, 0.1) is 0 Å². The number of aliphatic hydroxyl groups excluding tert-OH is 1. The zero-order valence-electron chi connectivity index (χ0n) is 12.3. The van der Waals surface area contributed by atoms with Crippen molar-refractivity contribution in [3.05, 3.63) is 29.8 Å². The first-order valence-corrected chi connectivity index (χ1v) is 8.04. The van der Waals surface area contributed by atoms with E-state index < -0.39 is 0 Å². The smallest absolute Gasteiger partial charge is 0.236 e. The first-order chi connectivity index (χ1) is 9.33. The van der Waals surface area contributed by atoms with Gasteiger partial charge >= 0.3 is 0 Å². The summed E-state index contributed by atoms with van der Waals surface area (Å²) in [6.45, 7) is 4.87. The number of rotatable bonds is 2. The van der Waals surface area contributed by atoms with Crippen LogP contribution < -0.4 is 4.90 Å². The molecule has 1 aromatic rings. The highest BCUT2D eigenvalue weighted by Gasteiger charge is 2.21. The van der Waals surface area contributed by atoms with Gasteiger partial charge in [-0.25, -0.2) is 0 Å². The average Bonchev–Trinajstić information content (AvgIpc) is 2.51. The zero-order valence-corrected chi connectivity index (χ0v) is 13.2. The van der Waals surface area contributed by atoms with E-state index in [9.17, 15) is 4.79 Å². The van der Waals surface area contributed by atoms with E-state index in [4.69, 9.17) is 5.11 Å². The maximum atomic E-state index is 11.9. The lowest BCUT2D eigenvalue weighted by atomic mass is 10.0. The highest BCUT2D eigenvalue weighted by atomic mass is 32.2. The minimum Gasteiger partial charge on any atom is -0.400 e. The van der Waals surface area contributed by atoms with Crippen LogP contribution in [0.2, 0.25) is 0 Å². The Hall–Kier alpha value is -1.00. The molecule has 1 aromatic carbocycles. The van der Waals surface area contributed by atoms with Crippen LogP contribution >= 0.6 is 11.8 Å². The molecule has 0 fully saturated rings. The summed E-state index contributed by atoms with van der Waals surface area (Å²) >= 11 is 1.59. The normalized spacial score (nSPS) is 12.4. The molecule has 0 atom stereocenters. The third kappa shape index (κ3) is 5.25. The topological polar surface area (TPSA) is 40.5 Å². The van der Waals surface area contributed by atoms with Crippen molar-refractivity contribution in [3.63, 3.8) is 0 Å². The number of thioether (sulfide) groups is 1. The number of aryl methyl sites for hydroxylation is 1. The van der Waals surface area contributed by atoms with Crippen molar-refractivity contribution in [2.24, 2.45) is 0 Å². The van der Waals surface area contributed by atoms with E-state index >= 15 is 0 Å². The van der Waals surface area contributed by atoms with Crippen LogP contribution in [-0.4, -0.2) is 36.7 Å². The lowest BCUT2D eigenvalue weighted by Crippen LogP contribution is -2.36. The van der Waals surface area contributed by atoms with Gasteiger partial charge in [-0.1, -0.05) is 32.0 Å². The predicted molar refractivity (Wildman–Crippen MR) is 85.0 cm³/mol. The molecule has 4 heteroatoms. The van der Waals surface area contributed by atoms with Gasteiger partial charge in [0.05, 0.1) is 5.75 Å². The van der Waals surface area contributed by atoms with Crippen molar-refractivity contribution in [2.75, 3.05) is 30.6 Å². The Morgan fingerprint density at radius 1 is 1.32 bits per heavy atom. The van der Waals surface area contributed by atoms with Gasteiger partial charge in [0.15, 0.2) is 0 Å². The highest BCUT2D eigenvalue weighted by Crippen LogP contribution is 2.26. The van der Waals surface area contributed by atoms with Crippen LogP contribution in [0.4, 0.5) is 5.69 Å². The molecule has 108 valence electrons. The minimum atomic E-state index is 0.231. The van der Waals surface area contributed by atoms with Gasteiger partial charge in [-0.15, -0.1) is 0 Å². The molecule has 19 heavy (non-hydrogen) atoms. The molecule has 0 saturated carbocycles. The van der Waals surface area contributed by atoms with Crippen molar-refractivity contribution < 1.29 is 9.90 Å². The molecule has 2 rings (SSSR count). The van der Waals surface area contributed by atoms with Gasteiger partial charge in [-0.05, 0) is 30.7 Å². The molecule has 1 aliphatic rings. The first-order valence-electron chi connectivity index (χ1n) is 6.65. The predicted octanol–water partition coefficient (Wildman–Crippen LogP) is 2.96. The van der Waals surface area contributed by atoms with Crippen LogP contribution in [0.5, 0.6) is 0 Å². The number of nitrogens with zero attached hydrogens (tertiary/aromatic N) is 1. The Balaban J connectivity index is 0.000000741. The Labute approximate surface area is 121 Å². The number of aliphatic hydroxyl groups is 1. The molecule has 0 unspecified atom stereocenters. The van der Waals surface area contributed by atoms with E-state index in [2.05, 4.69) is 6.07 Å². The van der Waals surface area contributed by atoms with Crippen LogP contribution in [0.15, 0.2) is 24.3 Å². The second-order valence-corrected chi connectivity index (χ2v) is 4.58. The Morgan fingerprint density at radius 3 is 2.58 bits per heavy atom. The summed E-state index contributed by atoms with van der Waals surface area (Å²) in [6.07, 6.45) is 4.14. The quantitative estimate of drug-likeness (QED) is 0.907. The highest BCUT2D eigenvalue weighted by molar-refractivity contribution is 7.99. The summed E-state index contributed by atoms with van der Waals surface area (Å²) in [7, 11) is 1.00. The van der Waals surface area contributed by atoms with E-state index in [1.54, 1.807) is 11.8 Å². The lowest BCUT2D eigenvalue weighted by Gasteiger charge is -2.29. The second kappa shape index (κ2) is 10.9. The van der Waals surface area contributed by atoms with E-state index in [1.807, 2.05) is 43.2 Å². The third-order valence-electron chi connectivity index (χ3n) is 2.68. The monoisotopic (exact) mass is 283 g/mol. The number of benzene rings is 1. The van der Waals surface area contributed by atoms with E-state index in [0.717, 1.165) is 32.2 Å². The molecule has 0 bridgehead atoms. The van der Waals surface area contributed by atoms with Crippen LogP contribution in [0.3, 0.4) is 0 Å². The number of para-hydroxylation sites is 1. The molecule has 1 heterocycles. The fourth-order valence-corrected chi connectivity index (χ4v) is 2.40. The van der Waals surface area contributed by atoms with E-state index in [1.165, 1.54) is 5.56 Å². The van der Waals surface area contributed by atoms with Crippen LogP contribution in [0.25, 0.3) is 0 Å². The summed E-state index contributed by atoms with van der Waals surface area (Å²) in [4.78, 5) is 13.8. The maximum Gasteiger partial charge on any atom is 0.236 e. The number of hydrogen-bond acceptors (Lipinski definition) is 3.